The van der Waals surface area contributed by atoms with Gasteiger partial charge in [0.1, 0.15) is 11.5 Å². The third-order valence-electron chi connectivity index (χ3n) is 1.72. The standard InChI is InChI=1S/C9H12O3/c1-6(9(10)11)5-8-4-3-7(2)12-8/h3-4,6H,5H2,1-2H3,(H,10,11)/t6-/m0/s1. The van der Waals surface area contributed by atoms with Crippen molar-refractivity contribution < 1.29 is 14.3 Å². The van der Waals surface area contributed by atoms with E-state index in [9.17, 15) is 4.79 Å². The average Bonchev–Trinajstić information content (AvgIpc) is 2.35. The van der Waals surface area contributed by atoms with Crippen LogP contribution in [-0.4, -0.2) is 11.1 Å². The Morgan fingerprint density at radius 3 is 2.75 bits per heavy atom. The van der Waals surface area contributed by atoms with Crippen molar-refractivity contribution in [3.8, 4) is 0 Å². The summed E-state index contributed by atoms with van der Waals surface area (Å²) in [5, 5.41) is 8.61. The maximum Gasteiger partial charge on any atom is 0.306 e. The number of aliphatic carboxylic acids is 1. The highest BCUT2D eigenvalue weighted by molar-refractivity contribution is 5.69. The molecule has 0 unspecified atom stereocenters. The van der Waals surface area contributed by atoms with Crippen LogP contribution in [0.15, 0.2) is 16.5 Å². The number of carbonyl (C=O) groups is 1. The minimum atomic E-state index is -0.788. The zero-order valence-electron chi connectivity index (χ0n) is 7.20. The van der Waals surface area contributed by atoms with Crippen LogP contribution in [0.1, 0.15) is 18.4 Å². The Hall–Kier alpha value is -1.25. The molecule has 1 rings (SSSR count). The number of aryl methyl sites for hydroxylation is 1. The van der Waals surface area contributed by atoms with Crippen LogP contribution >= 0.6 is 0 Å². The van der Waals surface area contributed by atoms with E-state index < -0.39 is 5.97 Å². The summed E-state index contributed by atoms with van der Waals surface area (Å²) in [5.74, 6) is 0.393. The van der Waals surface area contributed by atoms with E-state index in [1.165, 1.54) is 0 Å². The van der Waals surface area contributed by atoms with Crippen molar-refractivity contribution in [2.24, 2.45) is 5.92 Å². The molecule has 1 heterocycles. The number of carboxylic acids is 1. The van der Waals surface area contributed by atoms with Gasteiger partial charge in [-0.2, -0.15) is 0 Å². The second kappa shape index (κ2) is 3.43. The molecular formula is C9H12O3. The van der Waals surface area contributed by atoms with Crippen molar-refractivity contribution in [2.75, 3.05) is 0 Å². The summed E-state index contributed by atoms with van der Waals surface area (Å²) >= 11 is 0. The van der Waals surface area contributed by atoms with Crippen LogP contribution in [0.3, 0.4) is 0 Å². The van der Waals surface area contributed by atoms with E-state index in [1.807, 2.05) is 19.1 Å². The van der Waals surface area contributed by atoms with E-state index in [2.05, 4.69) is 0 Å². The van der Waals surface area contributed by atoms with Gasteiger partial charge in [-0.25, -0.2) is 0 Å². The first kappa shape index (κ1) is 8.84. The molecule has 12 heavy (non-hydrogen) atoms. The smallest absolute Gasteiger partial charge is 0.306 e. The summed E-state index contributed by atoms with van der Waals surface area (Å²) < 4.78 is 5.24. The van der Waals surface area contributed by atoms with Crippen LogP contribution in [0.25, 0.3) is 0 Å². The van der Waals surface area contributed by atoms with E-state index in [-0.39, 0.29) is 5.92 Å². The van der Waals surface area contributed by atoms with Crippen molar-refractivity contribution in [3.63, 3.8) is 0 Å². The lowest BCUT2D eigenvalue weighted by atomic mass is 10.1. The number of hydrogen-bond donors (Lipinski definition) is 1. The molecule has 66 valence electrons. The molecule has 0 aliphatic heterocycles. The van der Waals surface area contributed by atoms with Gasteiger partial charge in [0, 0.05) is 6.42 Å². The Balaban J connectivity index is 2.58. The monoisotopic (exact) mass is 168 g/mol. The highest BCUT2D eigenvalue weighted by atomic mass is 16.4. The summed E-state index contributed by atoms with van der Waals surface area (Å²) in [5.41, 5.74) is 0. The Bertz CT molecular complexity index is 275. The zero-order valence-corrected chi connectivity index (χ0v) is 7.20. The van der Waals surface area contributed by atoms with Crippen molar-refractivity contribution in [3.05, 3.63) is 23.7 Å². The van der Waals surface area contributed by atoms with Crippen LogP contribution in [-0.2, 0) is 11.2 Å². The Morgan fingerprint density at radius 1 is 1.67 bits per heavy atom. The largest absolute Gasteiger partial charge is 0.481 e. The predicted molar refractivity (Wildman–Crippen MR) is 43.9 cm³/mol. The van der Waals surface area contributed by atoms with Gasteiger partial charge in [0.15, 0.2) is 0 Å². The fourth-order valence-electron chi connectivity index (χ4n) is 0.984. The Morgan fingerprint density at radius 2 is 2.33 bits per heavy atom. The third kappa shape index (κ3) is 2.12. The van der Waals surface area contributed by atoms with Crippen LogP contribution in [0.2, 0.25) is 0 Å². The summed E-state index contributed by atoms with van der Waals surface area (Å²) in [6.07, 6.45) is 0.461. The fourth-order valence-corrected chi connectivity index (χ4v) is 0.984. The SMILES string of the molecule is Cc1ccc(C[C@H](C)C(=O)O)o1. The van der Waals surface area contributed by atoms with Gasteiger partial charge in [-0.1, -0.05) is 6.92 Å². The van der Waals surface area contributed by atoms with E-state index in [0.29, 0.717) is 6.42 Å². The number of hydrogen-bond acceptors (Lipinski definition) is 2. The molecule has 0 amide bonds. The topological polar surface area (TPSA) is 50.4 Å². The van der Waals surface area contributed by atoms with Crippen LogP contribution in [0.4, 0.5) is 0 Å². The lowest BCUT2D eigenvalue weighted by Crippen LogP contribution is -2.11. The molecule has 0 aliphatic carbocycles. The van der Waals surface area contributed by atoms with Crippen LogP contribution < -0.4 is 0 Å². The normalized spacial score (nSPS) is 12.8. The second-order valence-corrected chi connectivity index (χ2v) is 2.96. The van der Waals surface area contributed by atoms with Gasteiger partial charge >= 0.3 is 5.97 Å². The first-order valence-electron chi connectivity index (χ1n) is 3.87. The lowest BCUT2D eigenvalue weighted by Gasteiger charge is -2.01. The Labute approximate surface area is 71.0 Å². The number of carboxylic acid groups (broad SMARTS) is 1. The summed E-state index contributed by atoms with van der Waals surface area (Å²) in [4.78, 5) is 10.5. The molecule has 3 nitrogen and oxygen atoms in total. The average molecular weight is 168 g/mol. The zero-order chi connectivity index (χ0) is 9.14. The molecule has 1 atom stereocenters. The molecule has 0 bridgehead atoms. The predicted octanol–water partition coefficient (Wildman–Crippen LogP) is 1.85. The highest BCUT2D eigenvalue weighted by Gasteiger charge is 2.13. The molecule has 1 aromatic rings. The summed E-state index contributed by atoms with van der Waals surface area (Å²) in [7, 11) is 0. The first-order chi connectivity index (χ1) is 5.59. The molecule has 0 saturated carbocycles. The van der Waals surface area contributed by atoms with Crippen LogP contribution in [0, 0.1) is 12.8 Å². The molecule has 0 spiro atoms. The summed E-state index contributed by atoms with van der Waals surface area (Å²) in [6.45, 7) is 3.51. The molecule has 0 saturated heterocycles. The molecular weight excluding hydrogens is 156 g/mol. The van der Waals surface area contributed by atoms with Crippen molar-refractivity contribution >= 4 is 5.97 Å². The lowest BCUT2D eigenvalue weighted by molar-refractivity contribution is -0.141. The fraction of sp³-hybridized carbons (Fsp3) is 0.444. The van der Waals surface area contributed by atoms with Gasteiger partial charge < -0.3 is 9.52 Å². The minimum Gasteiger partial charge on any atom is -0.481 e. The molecule has 0 radical (unpaired) electrons. The van der Waals surface area contributed by atoms with Crippen LogP contribution in [0.5, 0.6) is 0 Å². The van der Waals surface area contributed by atoms with Crippen molar-refractivity contribution in [2.45, 2.75) is 20.3 Å². The maximum absolute atomic E-state index is 10.5. The van der Waals surface area contributed by atoms with E-state index in [4.69, 9.17) is 9.52 Å². The van der Waals surface area contributed by atoms with Gasteiger partial charge in [-0.15, -0.1) is 0 Å². The highest BCUT2D eigenvalue weighted by Crippen LogP contribution is 2.11. The molecule has 0 aliphatic rings. The van der Waals surface area contributed by atoms with Gasteiger partial charge in [0.25, 0.3) is 0 Å². The van der Waals surface area contributed by atoms with Gasteiger partial charge in [0.2, 0.25) is 0 Å². The van der Waals surface area contributed by atoms with Gasteiger partial charge in [0.05, 0.1) is 5.92 Å². The molecule has 3 heteroatoms. The van der Waals surface area contributed by atoms with Gasteiger partial charge in [-0.05, 0) is 19.1 Å². The molecule has 0 aromatic carbocycles. The molecule has 0 fully saturated rings. The number of furan rings is 1. The van der Waals surface area contributed by atoms with Gasteiger partial charge in [-0.3, -0.25) is 4.79 Å². The van der Waals surface area contributed by atoms with E-state index in [0.717, 1.165) is 11.5 Å². The summed E-state index contributed by atoms with van der Waals surface area (Å²) in [6, 6.07) is 3.65. The number of rotatable bonds is 3. The Kier molecular flexibility index (Phi) is 2.53. The second-order valence-electron chi connectivity index (χ2n) is 2.96. The third-order valence-corrected chi connectivity index (χ3v) is 1.72. The van der Waals surface area contributed by atoms with Crippen molar-refractivity contribution in [1.29, 1.82) is 0 Å². The van der Waals surface area contributed by atoms with E-state index >= 15 is 0 Å². The molecule has 1 aromatic heterocycles. The molecule has 1 N–H and O–H groups in total. The first-order valence-corrected chi connectivity index (χ1v) is 3.87. The van der Waals surface area contributed by atoms with E-state index in [1.54, 1.807) is 6.92 Å². The maximum atomic E-state index is 10.5. The quantitative estimate of drug-likeness (QED) is 0.749. The van der Waals surface area contributed by atoms with Crippen molar-refractivity contribution in [1.82, 2.24) is 0 Å². The minimum absolute atomic E-state index is 0.379.